The summed E-state index contributed by atoms with van der Waals surface area (Å²) >= 11 is 6.12. The van der Waals surface area contributed by atoms with E-state index < -0.39 is 54.1 Å². The largest absolute Gasteiger partial charge is 0.465 e. The van der Waals surface area contributed by atoms with E-state index in [4.69, 9.17) is 21.1 Å². The maximum absolute atomic E-state index is 14.6. The Kier molecular flexibility index (Phi) is 7.25. The number of cyclic esters (lactones) is 1. The molecular weight excluding hydrogens is 532 g/mol. The predicted octanol–water partition coefficient (Wildman–Crippen LogP) is 3.84. The summed E-state index contributed by atoms with van der Waals surface area (Å²) in [5.41, 5.74) is -0.134. The van der Waals surface area contributed by atoms with Crippen molar-refractivity contribution >= 4 is 35.1 Å². The van der Waals surface area contributed by atoms with E-state index in [0.29, 0.717) is 16.3 Å². The van der Waals surface area contributed by atoms with Crippen LogP contribution in [0, 0.1) is 11.8 Å². The SMILES string of the molecule is O=C1OCCCC/C=C\[C@H]2O[C@]34C=CCN(c5ccc(Cl)cc5)C(=O)C3N([C@H](CO)c3ccccc3)C(=O)[C@@H]4[C@@H]12. The fourth-order valence-corrected chi connectivity index (χ4v) is 6.70. The van der Waals surface area contributed by atoms with E-state index in [9.17, 15) is 19.5 Å². The summed E-state index contributed by atoms with van der Waals surface area (Å²) in [5, 5.41) is 11.2. The summed E-state index contributed by atoms with van der Waals surface area (Å²) < 4.78 is 12.3. The molecule has 1 spiro atoms. The Morgan fingerprint density at radius 3 is 2.52 bits per heavy atom. The van der Waals surface area contributed by atoms with Gasteiger partial charge in [0.25, 0.3) is 5.91 Å². The van der Waals surface area contributed by atoms with Crippen molar-refractivity contribution < 1.29 is 29.0 Å². The molecule has 2 aromatic rings. The lowest BCUT2D eigenvalue weighted by Crippen LogP contribution is -2.56. The Balaban J connectivity index is 1.50. The van der Waals surface area contributed by atoms with Gasteiger partial charge in [0.05, 0.1) is 31.3 Å². The molecule has 2 aromatic carbocycles. The molecule has 0 aliphatic carbocycles. The second kappa shape index (κ2) is 10.8. The molecule has 0 bridgehead atoms. The number of fused-ring (bicyclic) bond motifs is 2. The van der Waals surface area contributed by atoms with Gasteiger partial charge in [-0.1, -0.05) is 66.2 Å². The molecule has 2 amide bonds. The number of anilines is 1. The summed E-state index contributed by atoms with van der Waals surface area (Å²) in [4.78, 5) is 45.6. The first-order valence-electron chi connectivity index (χ1n) is 13.7. The van der Waals surface area contributed by atoms with E-state index in [1.54, 1.807) is 35.2 Å². The number of hydrogen-bond acceptors (Lipinski definition) is 6. The first-order valence-corrected chi connectivity index (χ1v) is 14.1. The highest BCUT2D eigenvalue weighted by molar-refractivity contribution is 6.30. The second-order valence-electron chi connectivity index (χ2n) is 10.6. The molecular formula is C31H31ClN2O6. The van der Waals surface area contributed by atoms with Gasteiger partial charge >= 0.3 is 5.97 Å². The fraction of sp³-hybridized carbons (Fsp3) is 0.387. The predicted molar refractivity (Wildman–Crippen MR) is 148 cm³/mol. The quantitative estimate of drug-likeness (QED) is 0.449. The molecule has 1 N–H and O–H groups in total. The Bertz CT molecular complexity index is 1350. The lowest BCUT2D eigenvalue weighted by atomic mass is 9.78. The van der Waals surface area contributed by atoms with E-state index in [2.05, 4.69) is 0 Å². The molecule has 6 rings (SSSR count). The fourth-order valence-electron chi connectivity index (χ4n) is 6.57. The van der Waals surface area contributed by atoms with Crippen molar-refractivity contribution in [3.63, 3.8) is 0 Å². The van der Waals surface area contributed by atoms with Gasteiger partial charge in [-0.2, -0.15) is 0 Å². The Hall–Kier alpha value is -3.46. The molecule has 208 valence electrons. The number of aliphatic hydroxyl groups excluding tert-OH is 1. The first-order chi connectivity index (χ1) is 19.5. The van der Waals surface area contributed by atoms with Crippen molar-refractivity contribution in [2.75, 3.05) is 24.7 Å². The topological polar surface area (TPSA) is 96.4 Å². The first kappa shape index (κ1) is 26.7. The molecule has 2 fully saturated rings. The van der Waals surface area contributed by atoms with Crippen LogP contribution in [-0.2, 0) is 23.9 Å². The number of carbonyl (C=O) groups excluding carboxylic acids is 3. The maximum atomic E-state index is 14.6. The summed E-state index contributed by atoms with van der Waals surface area (Å²) in [7, 11) is 0. The van der Waals surface area contributed by atoms with Crippen LogP contribution in [0.15, 0.2) is 78.9 Å². The summed E-state index contributed by atoms with van der Waals surface area (Å²) in [6, 6.07) is 14.1. The van der Waals surface area contributed by atoms with Crippen molar-refractivity contribution in [1.29, 1.82) is 0 Å². The molecule has 0 aromatic heterocycles. The normalized spacial score (nSPS) is 31.6. The number of rotatable bonds is 4. The summed E-state index contributed by atoms with van der Waals surface area (Å²) in [6.07, 6.45) is 9.07. The number of halogens is 1. The number of carbonyl (C=O) groups is 3. The van der Waals surface area contributed by atoms with Gasteiger partial charge in [-0.15, -0.1) is 0 Å². The lowest BCUT2D eigenvalue weighted by Gasteiger charge is -2.38. The van der Waals surface area contributed by atoms with Crippen molar-refractivity contribution in [1.82, 2.24) is 4.90 Å². The minimum atomic E-state index is -1.43. The van der Waals surface area contributed by atoms with Crippen molar-refractivity contribution in [2.45, 2.75) is 43.1 Å². The number of ether oxygens (including phenoxy) is 2. The van der Waals surface area contributed by atoms with E-state index in [1.165, 1.54) is 4.90 Å². The third kappa shape index (κ3) is 4.35. The molecule has 6 atom stereocenters. The van der Waals surface area contributed by atoms with Crippen LogP contribution in [0.25, 0.3) is 0 Å². The molecule has 1 unspecified atom stereocenters. The van der Waals surface area contributed by atoms with Gasteiger partial charge in [-0.05, 0) is 49.1 Å². The third-order valence-corrected chi connectivity index (χ3v) is 8.62. The van der Waals surface area contributed by atoms with Gasteiger partial charge in [0, 0.05) is 17.3 Å². The number of allylic oxidation sites excluding steroid dienone is 1. The number of likely N-dealkylation sites (tertiary alicyclic amines) is 1. The molecule has 0 radical (unpaired) electrons. The zero-order valence-electron chi connectivity index (χ0n) is 21.9. The number of hydrogen-bond donors (Lipinski definition) is 1. The van der Waals surface area contributed by atoms with Crippen LogP contribution in [0.4, 0.5) is 5.69 Å². The Morgan fingerprint density at radius 1 is 1.00 bits per heavy atom. The molecule has 0 saturated carbocycles. The van der Waals surface area contributed by atoms with Crippen LogP contribution in [0.5, 0.6) is 0 Å². The van der Waals surface area contributed by atoms with Crippen molar-refractivity contribution in [3.05, 3.63) is 89.5 Å². The van der Waals surface area contributed by atoms with Gasteiger partial charge in [0.1, 0.15) is 17.6 Å². The number of esters is 1. The minimum Gasteiger partial charge on any atom is -0.465 e. The molecule has 40 heavy (non-hydrogen) atoms. The van der Waals surface area contributed by atoms with E-state index in [-0.39, 0.29) is 19.1 Å². The average molecular weight is 563 g/mol. The van der Waals surface area contributed by atoms with Gasteiger partial charge in [0.15, 0.2) is 0 Å². The van der Waals surface area contributed by atoms with Gasteiger partial charge in [0.2, 0.25) is 5.91 Å². The maximum Gasteiger partial charge on any atom is 0.312 e. The third-order valence-electron chi connectivity index (χ3n) is 8.37. The lowest BCUT2D eigenvalue weighted by molar-refractivity contribution is -0.155. The van der Waals surface area contributed by atoms with Crippen LogP contribution in [-0.4, -0.2) is 65.3 Å². The van der Waals surface area contributed by atoms with Gasteiger partial charge in [-0.3, -0.25) is 14.4 Å². The zero-order chi connectivity index (χ0) is 27.9. The smallest absolute Gasteiger partial charge is 0.312 e. The highest BCUT2D eigenvalue weighted by Gasteiger charge is 2.72. The van der Waals surface area contributed by atoms with Crippen molar-refractivity contribution in [2.24, 2.45) is 11.8 Å². The standard InChI is InChI=1S/C31H31ClN2O6/c32-21-12-14-22(15-13-21)33-17-8-16-31-26(25-24(40-31)11-6-1-2-7-18-39-30(25)38)28(36)34(27(31)29(33)37)23(19-35)20-9-4-3-5-10-20/h3-6,8-16,23-27,35H,1-2,7,17-19H2/b11-6-/t23-,24-,25+,26+,27?,31+/m1/s1. The van der Waals surface area contributed by atoms with Crippen LogP contribution in [0.2, 0.25) is 5.02 Å². The average Bonchev–Trinajstić information content (AvgIpc) is 3.35. The number of amides is 2. The molecule has 4 heterocycles. The summed E-state index contributed by atoms with van der Waals surface area (Å²) in [5.74, 6) is -3.21. The van der Waals surface area contributed by atoms with Gasteiger partial charge < -0.3 is 24.4 Å². The molecule has 4 aliphatic heterocycles. The molecule has 4 aliphatic rings. The van der Waals surface area contributed by atoms with Crippen LogP contribution >= 0.6 is 11.6 Å². The minimum absolute atomic E-state index is 0.238. The highest BCUT2D eigenvalue weighted by atomic mass is 35.5. The highest BCUT2D eigenvalue weighted by Crippen LogP contribution is 2.55. The zero-order valence-corrected chi connectivity index (χ0v) is 22.7. The number of benzene rings is 2. The Morgan fingerprint density at radius 2 is 1.77 bits per heavy atom. The van der Waals surface area contributed by atoms with Crippen molar-refractivity contribution in [3.8, 4) is 0 Å². The number of aliphatic hydroxyl groups is 1. The summed E-state index contributed by atoms with van der Waals surface area (Å²) in [6.45, 7) is 0.0896. The molecule has 8 nitrogen and oxygen atoms in total. The molecule has 9 heteroatoms. The second-order valence-corrected chi connectivity index (χ2v) is 11.1. The van der Waals surface area contributed by atoms with E-state index in [0.717, 1.165) is 19.3 Å². The van der Waals surface area contributed by atoms with E-state index >= 15 is 0 Å². The van der Waals surface area contributed by atoms with Crippen LogP contribution in [0.1, 0.15) is 30.9 Å². The van der Waals surface area contributed by atoms with Crippen LogP contribution in [0.3, 0.4) is 0 Å². The van der Waals surface area contributed by atoms with Crippen LogP contribution < -0.4 is 4.90 Å². The Labute approximate surface area is 237 Å². The number of nitrogens with zero attached hydrogens (tertiary/aromatic N) is 2. The van der Waals surface area contributed by atoms with Gasteiger partial charge in [-0.25, -0.2) is 0 Å². The monoisotopic (exact) mass is 562 g/mol. The molecule has 2 saturated heterocycles. The van der Waals surface area contributed by atoms with E-state index in [1.807, 2.05) is 48.6 Å².